The molecule has 0 unspecified atom stereocenters. The van der Waals surface area contributed by atoms with E-state index in [4.69, 9.17) is 9.94 Å². The largest absolute Gasteiger partial charge is 0.458 e. The Morgan fingerprint density at radius 3 is 2.08 bits per heavy atom. The van der Waals surface area contributed by atoms with Crippen molar-refractivity contribution in [1.29, 1.82) is 0 Å². The molecule has 1 N–H and O–H groups in total. The number of nitrogens with zero attached hydrogens (tertiary/aromatic N) is 1. The second-order valence-corrected chi connectivity index (χ2v) is 3.09. The van der Waals surface area contributed by atoms with E-state index in [0.717, 1.165) is 0 Å². The zero-order valence-electron chi connectivity index (χ0n) is 7.87. The molecule has 0 rings (SSSR count). The lowest BCUT2D eigenvalue weighted by molar-refractivity contribution is -0.139. The van der Waals surface area contributed by atoms with Crippen molar-refractivity contribution in [1.82, 2.24) is 0 Å². The van der Waals surface area contributed by atoms with E-state index in [-0.39, 0.29) is 17.7 Å². The second-order valence-electron chi connectivity index (χ2n) is 3.09. The van der Waals surface area contributed by atoms with E-state index in [9.17, 15) is 4.79 Å². The van der Waals surface area contributed by atoms with Gasteiger partial charge in [0.1, 0.15) is 0 Å². The molecule has 0 aliphatic carbocycles. The molecule has 4 heteroatoms. The van der Waals surface area contributed by atoms with Gasteiger partial charge in [0.2, 0.25) is 0 Å². The first-order valence-electron chi connectivity index (χ1n) is 3.92. The van der Waals surface area contributed by atoms with Crippen molar-refractivity contribution in [2.75, 3.05) is 0 Å². The predicted molar refractivity (Wildman–Crippen MR) is 45.3 cm³/mol. The van der Waals surface area contributed by atoms with Crippen molar-refractivity contribution < 1.29 is 14.7 Å². The fourth-order valence-corrected chi connectivity index (χ4v) is 0.666. The van der Waals surface area contributed by atoms with Crippen LogP contribution in [-0.4, -0.2) is 23.0 Å². The van der Waals surface area contributed by atoms with Gasteiger partial charge in [0, 0.05) is 5.92 Å². The lowest BCUT2D eigenvalue weighted by Crippen LogP contribution is -2.25. The van der Waals surface area contributed by atoms with Crippen molar-refractivity contribution in [2.45, 2.75) is 33.8 Å². The summed E-state index contributed by atoms with van der Waals surface area (Å²) in [6, 6.07) is 0. The quantitative estimate of drug-likeness (QED) is 0.304. The maximum Gasteiger partial charge on any atom is 0.356 e. The molecular formula is C8H15NO3. The van der Waals surface area contributed by atoms with Crippen LogP contribution in [0.3, 0.4) is 0 Å². The molecule has 0 bridgehead atoms. The summed E-state index contributed by atoms with van der Waals surface area (Å²) in [5, 5.41) is 11.3. The molecule has 12 heavy (non-hydrogen) atoms. The van der Waals surface area contributed by atoms with E-state index in [1.165, 1.54) is 0 Å². The number of esters is 1. The number of rotatable bonds is 3. The van der Waals surface area contributed by atoms with Crippen LogP contribution in [-0.2, 0) is 9.53 Å². The van der Waals surface area contributed by atoms with Crippen molar-refractivity contribution in [3.63, 3.8) is 0 Å². The topological polar surface area (TPSA) is 58.9 Å². The summed E-state index contributed by atoms with van der Waals surface area (Å²) in [5.74, 6) is -0.677. The molecule has 0 saturated carbocycles. The van der Waals surface area contributed by atoms with Crippen molar-refractivity contribution in [3.05, 3.63) is 0 Å². The molecule has 0 aromatic rings. The van der Waals surface area contributed by atoms with Crippen LogP contribution in [0.1, 0.15) is 27.7 Å². The Balaban J connectivity index is 4.25. The van der Waals surface area contributed by atoms with Crippen LogP contribution in [0.25, 0.3) is 0 Å². The molecule has 0 aromatic heterocycles. The highest BCUT2D eigenvalue weighted by Gasteiger charge is 2.18. The summed E-state index contributed by atoms with van der Waals surface area (Å²) >= 11 is 0. The van der Waals surface area contributed by atoms with E-state index >= 15 is 0 Å². The van der Waals surface area contributed by atoms with Gasteiger partial charge in [-0.25, -0.2) is 4.79 Å². The molecule has 0 fully saturated rings. The van der Waals surface area contributed by atoms with Crippen LogP contribution < -0.4 is 0 Å². The van der Waals surface area contributed by atoms with E-state index in [1.807, 2.05) is 0 Å². The number of carbonyl (C=O) groups excluding carboxylic acids is 1. The normalized spacial score (nSPS) is 12.3. The lowest BCUT2D eigenvalue weighted by Gasteiger charge is -2.10. The Hall–Kier alpha value is -1.06. The third-order valence-electron chi connectivity index (χ3n) is 1.21. The molecule has 0 heterocycles. The van der Waals surface area contributed by atoms with Gasteiger partial charge in [-0.05, 0) is 13.8 Å². The van der Waals surface area contributed by atoms with Gasteiger partial charge in [-0.2, -0.15) is 0 Å². The molecular weight excluding hydrogens is 158 g/mol. The van der Waals surface area contributed by atoms with Crippen molar-refractivity contribution in [3.8, 4) is 0 Å². The SMILES string of the molecule is CC(C)OC(=O)/C(=N\O)C(C)C. The molecule has 0 aromatic carbocycles. The van der Waals surface area contributed by atoms with Crippen LogP contribution in [0.15, 0.2) is 5.16 Å². The summed E-state index contributed by atoms with van der Waals surface area (Å²) < 4.78 is 4.83. The Bertz CT molecular complexity index is 185. The number of carbonyl (C=O) groups is 1. The Morgan fingerprint density at radius 2 is 1.83 bits per heavy atom. The maximum atomic E-state index is 11.1. The van der Waals surface area contributed by atoms with Gasteiger partial charge in [0.25, 0.3) is 0 Å². The summed E-state index contributed by atoms with van der Waals surface area (Å²) in [7, 11) is 0. The first-order valence-corrected chi connectivity index (χ1v) is 3.92. The molecule has 0 radical (unpaired) electrons. The number of hydrogen-bond acceptors (Lipinski definition) is 4. The van der Waals surface area contributed by atoms with Crippen LogP contribution in [0.2, 0.25) is 0 Å². The summed E-state index contributed by atoms with van der Waals surface area (Å²) in [5.41, 5.74) is 0.0590. The predicted octanol–water partition coefficient (Wildman–Crippen LogP) is 1.42. The van der Waals surface area contributed by atoms with E-state index in [2.05, 4.69) is 5.16 Å². The van der Waals surface area contributed by atoms with Crippen molar-refractivity contribution >= 4 is 11.7 Å². The van der Waals surface area contributed by atoms with E-state index < -0.39 is 5.97 Å². The van der Waals surface area contributed by atoms with E-state index in [1.54, 1.807) is 27.7 Å². The van der Waals surface area contributed by atoms with Gasteiger partial charge in [-0.15, -0.1) is 0 Å². The summed E-state index contributed by atoms with van der Waals surface area (Å²) in [6.45, 7) is 7.01. The molecule has 0 saturated heterocycles. The average molecular weight is 173 g/mol. The fraction of sp³-hybridized carbons (Fsp3) is 0.750. The zero-order valence-corrected chi connectivity index (χ0v) is 7.87. The molecule has 0 spiro atoms. The third kappa shape index (κ3) is 3.37. The first-order chi connectivity index (χ1) is 5.49. The molecule has 70 valence electrons. The van der Waals surface area contributed by atoms with Gasteiger partial charge in [-0.3, -0.25) is 0 Å². The average Bonchev–Trinajstić information content (AvgIpc) is 1.85. The first kappa shape index (κ1) is 10.9. The van der Waals surface area contributed by atoms with Crippen molar-refractivity contribution in [2.24, 2.45) is 11.1 Å². The Labute approximate surface area is 72.2 Å². The highest BCUT2D eigenvalue weighted by molar-refractivity contribution is 6.36. The molecule has 0 atom stereocenters. The minimum absolute atomic E-state index is 0.0590. The van der Waals surface area contributed by atoms with Crippen LogP contribution >= 0.6 is 0 Å². The standard InChI is InChI=1S/C8H15NO3/c1-5(2)7(9-11)8(10)12-6(3)4/h5-6,11H,1-4H3/b9-7-. The third-order valence-corrected chi connectivity index (χ3v) is 1.21. The number of oxime groups is 1. The highest BCUT2D eigenvalue weighted by Crippen LogP contribution is 2.01. The smallest absolute Gasteiger partial charge is 0.356 e. The summed E-state index contributed by atoms with van der Waals surface area (Å²) in [4.78, 5) is 11.1. The lowest BCUT2D eigenvalue weighted by atomic mass is 10.1. The van der Waals surface area contributed by atoms with Crippen LogP contribution in [0.5, 0.6) is 0 Å². The van der Waals surface area contributed by atoms with Crippen LogP contribution in [0, 0.1) is 5.92 Å². The van der Waals surface area contributed by atoms with E-state index in [0.29, 0.717) is 0 Å². The highest BCUT2D eigenvalue weighted by atomic mass is 16.5. The molecule has 4 nitrogen and oxygen atoms in total. The van der Waals surface area contributed by atoms with Gasteiger partial charge < -0.3 is 9.94 Å². The minimum atomic E-state index is -0.553. The minimum Gasteiger partial charge on any atom is -0.458 e. The summed E-state index contributed by atoms with van der Waals surface area (Å²) in [6.07, 6.45) is -0.187. The Kier molecular flexibility index (Phi) is 4.33. The molecule has 0 aliphatic rings. The van der Waals surface area contributed by atoms with Gasteiger partial charge >= 0.3 is 5.97 Å². The van der Waals surface area contributed by atoms with Gasteiger partial charge in [0.15, 0.2) is 5.71 Å². The Morgan fingerprint density at radius 1 is 1.33 bits per heavy atom. The zero-order chi connectivity index (χ0) is 9.72. The van der Waals surface area contributed by atoms with Crippen LogP contribution in [0.4, 0.5) is 0 Å². The molecule has 0 amide bonds. The second kappa shape index (κ2) is 4.74. The molecule has 0 aliphatic heterocycles. The monoisotopic (exact) mass is 173 g/mol. The number of ether oxygens (including phenoxy) is 1. The van der Waals surface area contributed by atoms with Gasteiger partial charge in [-0.1, -0.05) is 19.0 Å². The fourth-order valence-electron chi connectivity index (χ4n) is 0.666. The number of hydrogen-bond donors (Lipinski definition) is 1. The van der Waals surface area contributed by atoms with Gasteiger partial charge in [0.05, 0.1) is 6.10 Å². The maximum absolute atomic E-state index is 11.1.